The fraction of sp³-hybridized carbons (Fsp3) is 0.240. The maximum atomic E-state index is 6.16. The molecule has 168 valence electrons. The van der Waals surface area contributed by atoms with Crippen LogP contribution in [0, 0.1) is 6.92 Å². The Morgan fingerprint density at radius 2 is 1.82 bits per heavy atom. The maximum Gasteiger partial charge on any atom is 0.197 e. The number of ether oxygens (including phenoxy) is 2. The lowest BCUT2D eigenvalue weighted by Crippen LogP contribution is -2.27. The highest BCUT2D eigenvalue weighted by atomic mass is 16.5. The Labute approximate surface area is 192 Å². The van der Waals surface area contributed by atoms with Gasteiger partial charge in [0, 0.05) is 18.7 Å². The van der Waals surface area contributed by atoms with Crippen LogP contribution in [0.5, 0.6) is 17.2 Å². The molecule has 0 spiro atoms. The van der Waals surface area contributed by atoms with Gasteiger partial charge >= 0.3 is 0 Å². The van der Waals surface area contributed by atoms with E-state index in [1.54, 1.807) is 30.4 Å². The molecule has 0 atom stereocenters. The number of rotatable bonds is 5. The van der Waals surface area contributed by atoms with Gasteiger partial charge in [0.25, 0.3) is 0 Å². The minimum Gasteiger partial charge on any atom is -0.497 e. The molecule has 0 saturated heterocycles. The molecule has 2 aromatic heterocycles. The summed E-state index contributed by atoms with van der Waals surface area (Å²) >= 11 is 0. The Morgan fingerprint density at radius 1 is 1.03 bits per heavy atom. The average Bonchev–Trinajstić information content (AvgIpc) is 3.27. The van der Waals surface area contributed by atoms with E-state index in [0.29, 0.717) is 23.1 Å². The summed E-state index contributed by atoms with van der Waals surface area (Å²) in [6, 6.07) is 11.7. The van der Waals surface area contributed by atoms with Gasteiger partial charge in [-0.25, -0.2) is 14.6 Å². The van der Waals surface area contributed by atoms with E-state index in [4.69, 9.17) is 20.2 Å². The number of nitrogens with two attached hydrogens (primary N) is 1. The number of nitrogens with zero attached hydrogens (tertiary/aromatic N) is 5. The molecule has 8 heteroatoms. The lowest BCUT2D eigenvalue weighted by molar-refractivity contribution is 0.312. The Morgan fingerprint density at radius 3 is 2.61 bits per heavy atom. The van der Waals surface area contributed by atoms with Crippen LogP contribution in [0.1, 0.15) is 16.7 Å². The van der Waals surface area contributed by atoms with Crippen LogP contribution in [0.25, 0.3) is 17.1 Å². The lowest BCUT2D eigenvalue weighted by atomic mass is 9.92. The van der Waals surface area contributed by atoms with Crippen LogP contribution >= 0.6 is 0 Å². The van der Waals surface area contributed by atoms with E-state index < -0.39 is 0 Å². The molecular weight excluding hydrogens is 416 g/mol. The van der Waals surface area contributed by atoms with Crippen LogP contribution in [0.15, 0.2) is 55.0 Å². The highest BCUT2D eigenvalue weighted by molar-refractivity contribution is 5.65. The molecule has 0 saturated carbocycles. The van der Waals surface area contributed by atoms with Crippen molar-refractivity contribution in [2.75, 3.05) is 26.4 Å². The largest absolute Gasteiger partial charge is 0.497 e. The number of methoxy groups -OCH3 is 1. The van der Waals surface area contributed by atoms with E-state index in [-0.39, 0.29) is 0 Å². The van der Waals surface area contributed by atoms with Gasteiger partial charge in [-0.2, -0.15) is 5.10 Å². The molecule has 0 bridgehead atoms. The van der Waals surface area contributed by atoms with Gasteiger partial charge in [-0.15, -0.1) is 0 Å². The number of nitrogen functional groups attached to an aromatic ring is 1. The molecule has 1 aliphatic rings. The van der Waals surface area contributed by atoms with Gasteiger partial charge in [0.2, 0.25) is 0 Å². The van der Waals surface area contributed by atoms with E-state index in [9.17, 15) is 0 Å². The number of hydrogen-bond donors (Lipinski definition) is 1. The monoisotopic (exact) mass is 442 g/mol. The predicted octanol–water partition coefficient (Wildman–Crippen LogP) is 4.01. The SMILES string of the molecule is COc1ccc(Oc2cnn(-c3nc(-c4cc(C)c5c(c4)CN(C)CC5)cnc3N)c2)cc1. The van der Waals surface area contributed by atoms with Crippen LogP contribution in [0.2, 0.25) is 0 Å². The van der Waals surface area contributed by atoms with Gasteiger partial charge in [-0.05, 0) is 73.5 Å². The second-order valence-corrected chi connectivity index (χ2v) is 8.28. The topological polar surface area (TPSA) is 91.3 Å². The van der Waals surface area contributed by atoms with Crippen molar-refractivity contribution < 1.29 is 9.47 Å². The standard InChI is InChI=1S/C25H26N6O2/c1-16-10-17(11-18-14-30(2)9-8-22(16)18)23-13-27-24(26)25(29-23)31-15-21(12-28-31)33-20-6-4-19(32-3)5-7-20/h4-7,10-13,15H,8-9,14H2,1-3H3,(H2,26,27). The number of likely N-dealkylation sites (N-methyl/N-ethyl adjacent to an activating group) is 1. The highest BCUT2D eigenvalue weighted by Gasteiger charge is 2.18. The number of anilines is 1. The van der Waals surface area contributed by atoms with Gasteiger partial charge in [-0.1, -0.05) is 0 Å². The van der Waals surface area contributed by atoms with E-state index in [1.807, 2.05) is 24.3 Å². The number of fused-ring (bicyclic) bond motifs is 1. The second kappa shape index (κ2) is 8.55. The van der Waals surface area contributed by atoms with E-state index in [1.165, 1.54) is 16.7 Å². The summed E-state index contributed by atoms with van der Waals surface area (Å²) in [4.78, 5) is 11.5. The molecule has 0 aliphatic carbocycles. The average molecular weight is 443 g/mol. The number of aryl methyl sites for hydroxylation is 1. The molecule has 8 nitrogen and oxygen atoms in total. The number of hydrogen-bond acceptors (Lipinski definition) is 7. The lowest BCUT2D eigenvalue weighted by Gasteiger charge is -2.27. The fourth-order valence-corrected chi connectivity index (χ4v) is 4.16. The zero-order valence-electron chi connectivity index (χ0n) is 18.9. The second-order valence-electron chi connectivity index (χ2n) is 8.28. The van der Waals surface area contributed by atoms with Crippen molar-refractivity contribution in [3.05, 3.63) is 71.7 Å². The van der Waals surface area contributed by atoms with Crippen molar-refractivity contribution in [1.29, 1.82) is 0 Å². The molecular formula is C25H26N6O2. The zero-order valence-corrected chi connectivity index (χ0v) is 18.9. The fourth-order valence-electron chi connectivity index (χ4n) is 4.16. The summed E-state index contributed by atoms with van der Waals surface area (Å²) in [6.45, 7) is 4.18. The zero-order chi connectivity index (χ0) is 22.9. The summed E-state index contributed by atoms with van der Waals surface area (Å²) in [5.74, 6) is 2.77. The predicted molar refractivity (Wildman–Crippen MR) is 127 cm³/mol. The van der Waals surface area contributed by atoms with Crippen molar-refractivity contribution >= 4 is 5.82 Å². The Bertz CT molecular complexity index is 1300. The molecule has 5 rings (SSSR count). The first kappa shape index (κ1) is 21.0. The minimum atomic E-state index is 0.298. The Balaban J connectivity index is 1.44. The van der Waals surface area contributed by atoms with Crippen LogP contribution in [-0.4, -0.2) is 45.4 Å². The van der Waals surface area contributed by atoms with Crippen molar-refractivity contribution in [1.82, 2.24) is 24.6 Å². The summed E-state index contributed by atoms with van der Waals surface area (Å²) < 4.78 is 12.7. The summed E-state index contributed by atoms with van der Waals surface area (Å²) in [6.07, 6.45) is 6.14. The van der Waals surface area contributed by atoms with Gasteiger partial charge in [0.15, 0.2) is 17.4 Å². The van der Waals surface area contributed by atoms with E-state index >= 15 is 0 Å². The Kier molecular flexibility index (Phi) is 5.43. The number of benzene rings is 2. The van der Waals surface area contributed by atoms with E-state index in [2.05, 4.69) is 41.1 Å². The summed E-state index contributed by atoms with van der Waals surface area (Å²) in [5, 5.41) is 4.39. The maximum absolute atomic E-state index is 6.16. The molecule has 33 heavy (non-hydrogen) atoms. The third-order valence-corrected chi connectivity index (χ3v) is 5.90. The van der Waals surface area contributed by atoms with Crippen LogP contribution in [0.4, 0.5) is 5.82 Å². The molecule has 0 amide bonds. The van der Waals surface area contributed by atoms with Gasteiger partial charge < -0.3 is 20.1 Å². The summed E-state index contributed by atoms with van der Waals surface area (Å²) in [5.41, 5.74) is 12.0. The number of aromatic nitrogens is 4. The van der Waals surface area contributed by atoms with Gasteiger partial charge in [0.05, 0.1) is 31.4 Å². The van der Waals surface area contributed by atoms with Gasteiger partial charge in [-0.3, -0.25) is 0 Å². The quantitative estimate of drug-likeness (QED) is 0.499. The molecule has 1 aliphatic heterocycles. The van der Waals surface area contributed by atoms with Crippen molar-refractivity contribution in [2.45, 2.75) is 19.9 Å². The molecule has 2 N–H and O–H groups in total. The molecule has 4 aromatic rings. The molecule has 0 radical (unpaired) electrons. The van der Waals surface area contributed by atoms with Gasteiger partial charge in [0.1, 0.15) is 11.5 Å². The minimum absolute atomic E-state index is 0.298. The van der Waals surface area contributed by atoms with Crippen molar-refractivity contribution in [3.63, 3.8) is 0 Å². The molecule has 3 heterocycles. The molecule has 2 aromatic carbocycles. The first-order valence-corrected chi connectivity index (χ1v) is 10.8. The van der Waals surface area contributed by atoms with Crippen LogP contribution < -0.4 is 15.2 Å². The normalized spacial score (nSPS) is 13.5. The van der Waals surface area contributed by atoms with Crippen LogP contribution in [0.3, 0.4) is 0 Å². The van der Waals surface area contributed by atoms with Crippen LogP contribution in [-0.2, 0) is 13.0 Å². The Hall–Kier alpha value is -3.91. The molecule has 0 unspecified atom stereocenters. The summed E-state index contributed by atoms with van der Waals surface area (Å²) in [7, 11) is 3.78. The van der Waals surface area contributed by atoms with E-state index in [0.717, 1.165) is 36.5 Å². The van der Waals surface area contributed by atoms with Crippen molar-refractivity contribution in [2.24, 2.45) is 0 Å². The van der Waals surface area contributed by atoms with Crippen molar-refractivity contribution in [3.8, 4) is 34.3 Å². The first-order chi connectivity index (χ1) is 16.0. The highest BCUT2D eigenvalue weighted by Crippen LogP contribution is 2.30. The first-order valence-electron chi connectivity index (χ1n) is 10.8. The smallest absolute Gasteiger partial charge is 0.197 e. The third-order valence-electron chi connectivity index (χ3n) is 5.90. The molecule has 0 fully saturated rings. The third kappa shape index (κ3) is 4.25.